The van der Waals surface area contributed by atoms with Gasteiger partial charge in [0.15, 0.2) is 0 Å². The van der Waals surface area contributed by atoms with E-state index in [-0.39, 0.29) is 18.6 Å². The molecule has 0 radical (unpaired) electrons. The Morgan fingerprint density at radius 2 is 1.93 bits per heavy atom. The van der Waals surface area contributed by atoms with E-state index in [1.54, 1.807) is 0 Å². The number of aryl methyl sites for hydroxylation is 1. The van der Waals surface area contributed by atoms with Gasteiger partial charge in [-0.1, -0.05) is 43.2 Å². The standard InChI is InChI=1S/C27H38O3/c1-19(8-7-11-20-9-3-2-4-10-20)30-27-17-21-12-5-6-13-23(21)24-16-22(14-15-28)26(29)18-25(24)27/h2-4,9-10,18-19,21-24,28-29H,5-8,11-17H2,1H3/t19?,21?,22-,23-,24?/m0/s1. The summed E-state index contributed by atoms with van der Waals surface area (Å²) in [5, 5.41) is 20.0. The van der Waals surface area contributed by atoms with E-state index in [0.717, 1.165) is 49.7 Å². The van der Waals surface area contributed by atoms with Crippen molar-refractivity contribution in [3.05, 3.63) is 59.1 Å². The summed E-state index contributed by atoms with van der Waals surface area (Å²) in [4.78, 5) is 0. The first kappa shape index (κ1) is 21.5. The molecule has 3 nitrogen and oxygen atoms in total. The minimum atomic E-state index is 0.106. The molecule has 5 atom stereocenters. The molecule has 3 aliphatic rings. The molecule has 1 fully saturated rings. The molecular formula is C27H38O3. The Labute approximate surface area is 181 Å². The van der Waals surface area contributed by atoms with Gasteiger partial charge < -0.3 is 14.9 Å². The number of aliphatic hydroxyl groups is 2. The van der Waals surface area contributed by atoms with Crippen LogP contribution in [0.5, 0.6) is 0 Å². The van der Waals surface area contributed by atoms with Gasteiger partial charge in [-0.3, -0.25) is 0 Å². The highest BCUT2D eigenvalue weighted by Gasteiger charge is 2.43. The lowest BCUT2D eigenvalue weighted by Gasteiger charge is -2.46. The maximum atomic E-state index is 10.6. The molecule has 2 N–H and O–H groups in total. The lowest BCUT2D eigenvalue weighted by atomic mass is 9.61. The van der Waals surface area contributed by atoms with Crippen molar-refractivity contribution in [2.75, 3.05) is 6.61 Å². The Hall–Kier alpha value is -1.74. The lowest BCUT2D eigenvalue weighted by Crippen LogP contribution is -2.37. The van der Waals surface area contributed by atoms with Crippen LogP contribution in [0.1, 0.15) is 70.3 Å². The Kier molecular flexibility index (Phi) is 7.20. The highest BCUT2D eigenvalue weighted by Crippen LogP contribution is 2.52. The fourth-order valence-electron chi connectivity index (χ4n) is 6.08. The lowest BCUT2D eigenvalue weighted by molar-refractivity contribution is 0.0583. The summed E-state index contributed by atoms with van der Waals surface area (Å²) in [6, 6.07) is 10.7. The molecule has 0 heterocycles. The number of hydrogen-bond donors (Lipinski definition) is 2. The van der Waals surface area contributed by atoms with Gasteiger partial charge in [0.05, 0.1) is 11.9 Å². The predicted molar refractivity (Wildman–Crippen MR) is 121 cm³/mol. The molecule has 0 bridgehead atoms. The second kappa shape index (κ2) is 10.0. The quantitative estimate of drug-likeness (QED) is 0.526. The number of fused-ring (bicyclic) bond motifs is 3. The van der Waals surface area contributed by atoms with Crippen molar-refractivity contribution >= 4 is 0 Å². The van der Waals surface area contributed by atoms with Crippen molar-refractivity contribution in [2.24, 2.45) is 23.7 Å². The summed E-state index contributed by atoms with van der Waals surface area (Å²) in [5.41, 5.74) is 2.66. The Balaban J connectivity index is 1.46. The first-order chi connectivity index (χ1) is 14.7. The summed E-state index contributed by atoms with van der Waals surface area (Å²) in [7, 11) is 0. The smallest absolute Gasteiger partial charge is 0.100 e. The average Bonchev–Trinajstić information content (AvgIpc) is 2.76. The molecule has 3 heteroatoms. The van der Waals surface area contributed by atoms with Gasteiger partial charge in [-0.2, -0.15) is 0 Å². The van der Waals surface area contributed by atoms with Crippen LogP contribution in [0.2, 0.25) is 0 Å². The van der Waals surface area contributed by atoms with Crippen LogP contribution in [0.15, 0.2) is 53.5 Å². The minimum Gasteiger partial charge on any atom is -0.512 e. The van der Waals surface area contributed by atoms with Gasteiger partial charge in [0.1, 0.15) is 5.76 Å². The van der Waals surface area contributed by atoms with Gasteiger partial charge in [0.2, 0.25) is 0 Å². The highest BCUT2D eigenvalue weighted by atomic mass is 16.5. The summed E-state index contributed by atoms with van der Waals surface area (Å²) in [5.74, 6) is 3.63. The molecule has 0 aliphatic heterocycles. The van der Waals surface area contributed by atoms with Crippen LogP contribution in [-0.4, -0.2) is 22.9 Å². The van der Waals surface area contributed by atoms with E-state index < -0.39 is 0 Å². The van der Waals surface area contributed by atoms with Gasteiger partial charge in [0, 0.05) is 18.9 Å². The third-order valence-electron chi connectivity index (χ3n) is 7.65. The number of rotatable bonds is 8. The maximum Gasteiger partial charge on any atom is 0.100 e. The summed E-state index contributed by atoms with van der Waals surface area (Å²) in [6.45, 7) is 2.34. The van der Waals surface area contributed by atoms with Gasteiger partial charge in [-0.15, -0.1) is 0 Å². The van der Waals surface area contributed by atoms with Crippen LogP contribution in [0.3, 0.4) is 0 Å². The molecule has 164 valence electrons. The van der Waals surface area contributed by atoms with Crippen molar-refractivity contribution in [2.45, 2.75) is 77.2 Å². The number of aliphatic hydroxyl groups excluding tert-OH is 2. The molecule has 30 heavy (non-hydrogen) atoms. The van der Waals surface area contributed by atoms with Crippen LogP contribution in [0.25, 0.3) is 0 Å². The number of ether oxygens (including phenoxy) is 1. The largest absolute Gasteiger partial charge is 0.512 e. The fourth-order valence-corrected chi connectivity index (χ4v) is 6.08. The maximum absolute atomic E-state index is 10.6. The molecule has 1 aromatic carbocycles. The van der Waals surface area contributed by atoms with Crippen LogP contribution in [-0.2, 0) is 11.2 Å². The van der Waals surface area contributed by atoms with E-state index in [4.69, 9.17) is 4.74 Å². The molecule has 1 aromatic rings. The molecule has 4 rings (SSSR count). The normalized spacial score (nSPS) is 29.6. The second-order valence-electron chi connectivity index (χ2n) is 9.72. The SMILES string of the molecule is CC(CCCc1ccccc1)OC1=C2C=C(O)[C@@H](CCO)CC2[C@H]2CCCCC2C1. The molecule has 3 unspecified atom stereocenters. The molecule has 0 saturated heterocycles. The van der Waals surface area contributed by atoms with Crippen molar-refractivity contribution < 1.29 is 14.9 Å². The van der Waals surface area contributed by atoms with Gasteiger partial charge in [-0.05, 0) is 86.8 Å². The van der Waals surface area contributed by atoms with E-state index in [1.165, 1.54) is 36.8 Å². The molecular weight excluding hydrogens is 372 g/mol. The molecule has 3 aliphatic carbocycles. The fraction of sp³-hybridized carbons (Fsp3) is 0.630. The van der Waals surface area contributed by atoms with E-state index in [9.17, 15) is 10.2 Å². The van der Waals surface area contributed by atoms with E-state index in [0.29, 0.717) is 18.1 Å². The summed E-state index contributed by atoms with van der Waals surface area (Å²) in [6.07, 6.45) is 13.4. The number of allylic oxidation sites excluding steroid dienone is 4. The monoisotopic (exact) mass is 410 g/mol. The van der Waals surface area contributed by atoms with Crippen LogP contribution in [0, 0.1) is 23.7 Å². The van der Waals surface area contributed by atoms with Crippen LogP contribution in [0.4, 0.5) is 0 Å². The zero-order valence-electron chi connectivity index (χ0n) is 18.4. The minimum absolute atomic E-state index is 0.106. The molecule has 0 aromatic heterocycles. The molecule has 0 amide bonds. The third-order valence-corrected chi connectivity index (χ3v) is 7.65. The van der Waals surface area contributed by atoms with Crippen LogP contribution >= 0.6 is 0 Å². The second-order valence-corrected chi connectivity index (χ2v) is 9.72. The summed E-state index contributed by atoms with van der Waals surface area (Å²) < 4.78 is 6.57. The number of benzene rings is 1. The Morgan fingerprint density at radius 3 is 2.73 bits per heavy atom. The van der Waals surface area contributed by atoms with Crippen molar-refractivity contribution in [3.63, 3.8) is 0 Å². The van der Waals surface area contributed by atoms with E-state index in [1.807, 2.05) is 6.08 Å². The van der Waals surface area contributed by atoms with Gasteiger partial charge in [0.25, 0.3) is 0 Å². The summed E-state index contributed by atoms with van der Waals surface area (Å²) >= 11 is 0. The topological polar surface area (TPSA) is 49.7 Å². The van der Waals surface area contributed by atoms with Crippen molar-refractivity contribution in [1.29, 1.82) is 0 Å². The Morgan fingerprint density at radius 1 is 1.13 bits per heavy atom. The Bertz CT molecular complexity index is 751. The third kappa shape index (κ3) is 4.94. The van der Waals surface area contributed by atoms with E-state index in [2.05, 4.69) is 37.3 Å². The van der Waals surface area contributed by atoms with E-state index >= 15 is 0 Å². The van der Waals surface area contributed by atoms with Crippen molar-refractivity contribution in [1.82, 2.24) is 0 Å². The zero-order valence-corrected chi connectivity index (χ0v) is 18.4. The van der Waals surface area contributed by atoms with Gasteiger partial charge >= 0.3 is 0 Å². The first-order valence-electron chi connectivity index (χ1n) is 12.1. The predicted octanol–water partition coefficient (Wildman–Crippen LogP) is 6.34. The van der Waals surface area contributed by atoms with Crippen molar-refractivity contribution in [3.8, 4) is 0 Å². The van der Waals surface area contributed by atoms with Crippen LogP contribution < -0.4 is 0 Å². The highest BCUT2D eigenvalue weighted by molar-refractivity contribution is 5.34. The molecule has 0 spiro atoms. The number of hydrogen-bond acceptors (Lipinski definition) is 3. The average molecular weight is 411 g/mol. The van der Waals surface area contributed by atoms with Gasteiger partial charge in [-0.25, -0.2) is 0 Å². The molecule has 1 saturated carbocycles. The zero-order chi connectivity index (χ0) is 20.9. The first-order valence-corrected chi connectivity index (χ1v) is 12.1.